The lowest BCUT2D eigenvalue weighted by Crippen LogP contribution is -2.25. The number of hydrogen-bond acceptors (Lipinski definition) is 2. The van der Waals surface area contributed by atoms with Gasteiger partial charge in [0.25, 0.3) is 0 Å². The van der Waals surface area contributed by atoms with Gasteiger partial charge in [-0.25, -0.2) is 4.98 Å². The Balaban J connectivity index is 2.26. The highest BCUT2D eigenvalue weighted by Crippen LogP contribution is 2.15. The molecule has 0 N–H and O–H groups in total. The van der Waals surface area contributed by atoms with E-state index in [1.807, 2.05) is 17.9 Å². The summed E-state index contributed by atoms with van der Waals surface area (Å²) in [4.78, 5) is 6.70. The van der Waals surface area contributed by atoms with Crippen LogP contribution < -0.4 is 0 Å². The van der Waals surface area contributed by atoms with E-state index >= 15 is 0 Å². The van der Waals surface area contributed by atoms with Crippen LogP contribution in [0.25, 0.3) is 11.0 Å². The molecule has 0 saturated carbocycles. The molecule has 0 spiro atoms. The summed E-state index contributed by atoms with van der Waals surface area (Å²) in [5, 5.41) is 0. The van der Waals surface area contributed by atoms with Crippen molar-refractivity contribution < 1.29 is 0 Å². The van der Waals surface area contributed by atoms with Gasteiger partial charge in [-0.1, -0.05) is 6.07 Å². The van der Waals surface area contributed by atoms with Crippen LogP contribution in [0.5, 0.6) is 0 Å². The molecule has 2 aromatic rings. The molecule has 0 aliphatic heterocycles. The molecule has 0 bridgehead atoms. The number of hydrogen-bond donors (Lipinski definition) is 0. The van der Waals surface area contributed by atoms with Crippen molar-refractivity contribution in [1.82, 2.24) is 14.5 Å². The topological polar surface area (TPSA) is 21.1 Å². The Morgan fingerprint density at radius 1 is 1.38 bits per heavy atom. The van der Waals surface area contributed by atoms with E-state index in [1.165, 1.54) is 11.1 Å². The molecule has 1 aromatic heterocycles. The Morgan fingerprint density at radius 2 is 2.12 bits per heavy atom. The van der Waals surface area contributed by atoms with E-state index in [2.05, 4.69) is 49.0 Å². The zero-order valence-electron chi connectivity index (χ0n) is 10.4. The average molecular weight is 217 g/mol. The average Bonchev–Trinajstić information content (AvgIpc) is 2.60. The number of rotatable bonds is 3. The van der Waals surface area contributed by atoms with E-state index in [0.29, 0.717) is 6.04 Å². The molecule has 3 heteroatoms. The number of benzene rings is 1. The van der Waals surface area contributed by atoms with E-state index in [0.717, 1.165) is 12.1 Å². The van der Waals surface area contributed by atoms with Crippen LogP contribution in [-0.2, 0) is 13.6 Å². The predicted octanol–water partition coefficient (Wildman–Crippen LogP) is 2.41. The SMILES string of the molecule is CC(C)N(C)Cc1ccc2c(c1)ncn2C. The molecule has 0 aliphatic carbocycles. The van der Waals surface area contributed by atoms with Crippen molar-refractivity contribution in [2.45, 2.75) is 26.4 Å². The zero-order chi connectivity index (χ0) is 11.7. The first-order valence-electron chi connectivity index (χ1n) is 5.68. The highest BCUT2D eigenvalue weighted by atomic mass is 15.1. The Bertz CT molecular complexity index is 485. The van der Waals surface area contributed by atoms with E-state index in [-0.39, 0.29) is 0 Å². The van der Waals surface area contributed by atoms with Crippen LogP contribution in [0.2, 0.25) is 0 Å². The van der Waals surface area contributed by atoms with Crippen LogP contribution in [0, 0.1) is 0 Å². The van der Waals surface area contributed by atoms with Gasteiger partial charge in [-0.15, -0.1) is 0 Å². The van der Waals surface area contributed by atoms with Gasteiger partial charge in [0.1, 0.15) is 0 Å². The first-order valence-corrected chi connectivity index (χ1v) is 5.68. The Morgan fingerprint density at radius 3 is 2.81 bits per heavy atom. The number of imidazole rings is 1. The molecule has 16 heavy (non-hydrogen) atoms. The largest absolute Gasteiger partial charge is 0.334 e. The van der Waals surface area contributed by atoms with Crippen molar-refractivity contribution in [3.8, 4) is 0 Å². The van der Waals surface area contributed by atoms with Crippen LogP contribution in [0.3, 0.4) is 0 Å². The Hall–Kier alpha value is -1.35. The van der Waals surface area contributed by atoms with Crippen molar-refractivity contribution in [2.24, 2.45) is 7.05 Å². The maximum absolute atomic E-state index is 4.38. The van der Waals surface area contributed by atoms with E-state index in [4.69, 9.17) is 0 Å². The molecule has 0 radical (unpaired) electrons. The molecule has 0 saturated heterocycles. The summed E-state index contributed by atoms with van der Waals surface area (Å²) in [6, 6.07) is 7.07. The van der Waals surface area contributed by atoms with Gasteiger partial charge in [-0.3, -0.25) is 4.90 Å². The minimum absolute atomic E-state index is 0.569. The lowest BCUT2D eigenvalue weighted by molar-refractivity contribution is 0.266. The van der Waals surface area contributed by atoms with E-state index < -0.39 is 0 Å². The minimum atomic E-state index is 0.569. The number of fused-ring (bicyclic) bond motifs is 1. The van der Waals surface area contributed by atoms with Crippen LogP contribution in [0.15, 0.2) is 24.5 Å². The molecule has 0 unspecified atom stereocenters. The molecule has 0 fully saturated rings. The number of nitrogens with zero attached hydrogens (tertiary/aromatic N) is 3. The summed E-state index contributed by atoms with van der Waals surface area (Å²) in [7, 11) is 4.17. The second-order valence-electron chi connectivity index (χ2n) is 4.69. The Labute approximate surface area is 96.7 Å². The van der Waals surface area contributed by atoms with Crippen LogP contribution in [0.1, 0.15) is 19.4 Å². The van der Waals surface area contributed by atoms with Crippen molar-refractivity contribution >= 4 is 11.0 Å². The van der Waals surface area contributed by atoms with Crippen LogP contribution in [0.4, 0.5) is 0 Å². The molecule has 0 aliphatic rings. The summed E-state index contributed by atoms with van der Waals surface area (Å²) < 4.78 is 2.05. The summed E-state index contributed by atoms with van der Waals surface area (Å²) in [6.07, 6.45) is 1.86. The highest BCUT2D eigenvalue weighted by molar-refractivity contribution is 5.75. The molecular weight excluding hydrogens is 198 g/mol. The second kappa shape index (κ2) is 4.26. The van der Waals surface area contributed by atoms with Crippen molar-refractivity contribution in [1.29, 1.82) is 0 Å². The van der Waals surface area contributed by atoms with Crippen molar-refractivity contribution in [3.63, 3.8) is 0 Å². The predicted molar refractivity (Wildman–Crippen MR) is 67.3 cm³/mol. The highest BCUT2D eigenvalue weighted by Gasteiger charge is 2.06. The van der Waals surface area contributed by atoms with Crippen molar-refractivity contribution in [2.75, 3.05) is 7.05 Å². The fourth-order valence-corrected chi connectivity index (χ4v) is 1.75. The van der Waals surface area contributed by atoms with Gasteiger partial charge >= 0.3 is 0 Å². The second-order valence-corrected chi connectivity index (χ2v) is 4.69. The monoisotopic (exact) mass is 217 g/mol. The summed E-state index contributed by atoms with van der Waals surface area (Å²) >= 11 is 0. The maximum Gasteiger partial charge on any atom is 0.0955 e. The van der Waals surface area contributed by atoms with Crippen LogP contribution >= 0.6 is 0 Å². The third-order valence-electron chi connectivity index (χ3n) is 3.10. The molecule has 2 rings (SSSR count). The third kappa shape index (κ3) is 2.09. The van der Waals surface area contributed by atoms with Gasteiger partial charge in [-0.05, 0) is 38.6 Å². The number of aryl methyl sites for hydroxylation is 1. The first kappa shape index (κ1) is 11.1. The smallest absolute Gasteiger partial charge is 0.0955 e. The molecule has 1 heterocycles. The fraction of sp³-hybridized carbons (Fsp3) is 0.462. The molecule has 3 nitrogen and oxygen atoms in total. The van der Waals surface area contributed by atoms with Crippen molar-refractivity contribution in [3.05, 3.63) is 30.1 Å². The van der Waals surface area contributed by atoms with Gasteiger partial charge < -0.3 is 4.57 Å². The molecule has 86 valence electrons. The lowest BCUT2D eigenvalue weighted by Gasteiger charge is -2.20. The summed E-state index contributed by atoms with van der Waals surface area (Å²) in [5.41, 5.74) is 3.59. The third-order valence-corrected chi connectivity index (χ3v) is 3.10. The van der Waals surface area contributed by atoms with Crippen LogP contribution in [-0.4, -0.2) is 27.5 Å². The zero-order valence-corrected chi connectivity index (χ0v) is 10.4. The Kier molecular flexibility index (Phi) is 2.97. The number of aromatic nitrogens is 2. The van der Waals surface area contributed by atoms with E-state index in [9.17, 15) is 0 Å². The summed E-state index contributed by atoms with van der Waals surface area (Å²) in [6.45, 7) is 5.39. The standard InChI is InChI=1S/C13H19N3/c1-10(2)15(3)8-11-5-6-13-12(7-11)14-9-16(13)4/h5-7,9-10H,8H2,1-4H3. The fourth-order valence-electron chi connectivity index (χ4n) is 1.75. The molecular formula is C13H19N3. The van der Waals surface area contributed by atoms with Gasteiger partial charge in [0.15, 0.2) is 0 Å². The molecule has 1 aromatic carbocycles. The normalized spacial score (nSPS) is 11.9. The molecule has 0 atom stereocenters. The maximum atomic E-state index is 4.38. The van der Waals surface area contributed by atoms with Gasteiger partial charge in [0.2, 0.25) is 0 Å². The van der Waals surface area contributed by atoms with E-state index in [1.54, 1.807) is 0 Å². The van der Waals surface area contributed by atoms with Gasteiger partial charge in [-0.2, -0.15) is 0 Å². The van der Waals surface area contributed by atoms with Gasteiger partial charge in [0, 0.05) is 19.6 Å². The lowest BCUT2D eigenvalue weighted by atomic mass is 10.1. The summed E-state index contributed by atoms with van der Waals surface area (Å²) in [5.74, 6) is 0. The first-order chi connectivity index (χ1) is 7.58. The minimum Gasteiger partial charge on any atom is -0.334 e. The quantitative estimate of drug-likeness (QED) is 0.787. The molecule has 0 amide bonds. The van der Waals surface area contributed by atoms with Gasteiger partial charge in [0.05, 0.1) is 17.4 Å².